The number of anilines is 1. The zero-order chi connectivity index (χ0) is 16.0. The Hall–Kier alpha value is -1.11. The van der Waals surface area contributed by atoms with Gasteiger partial charge in [-0.05, 0) is 31.5 Å². The molecule has 1 aromatic carbocycles. The zero-order valence-electron chi connectivity index (χ0n) is 13.6. The summed E-state index contributed by atoms with van der Waals surface area (Å²) in [5.74, 6) is 0. The van der Waals surface area contributed by atoms with E-state index in [0.717, 1.165) is 18.5 Å². The van der Waals surface area contributed by atoms with Crippen molar-refractivity contribution in [2.24, 2.45) is 0 Å². The van der Waals surface area contributed by atoms with Gasteiger partial charge in [-0.25, -0.2) is 0 Å². The van der Waals surface area contributed by atoms with Gasteiger partial charge in [0.25, 0.3) is 0 Å². The molecule has 0 atom stereocenters. The van der Waals surface area contributed by atoms with E-state index in [-0.39, 0.29) is 0 Å². The van der Waals surface area contributed by atoms with Crippen LogP contribution in [0.3, 0.4) is 0 Å². The molecule has 1 N–H and O–H groups in total. The summed E-state index contributed by atoms with van der Waals surface area (Å²) in [6.07, 6.45) is 0.787. The molecule has 0 aliphatic carbocycles. The first-order valence-corrected chi connectivity index (χ1v) is 8.65. The maximum Gasteiger partial charge on any atom is 0.303 e. The van der Waals surface area contributed by atoms with E-state index in [1.807, 2.05) is 31.2 Å². The molecule has 5 nitrogen and oxygen atoms in total. The van der Waals surface area contributed by atoms with Crippen molar-refractivity contribution in [2.45, 2.75) is 33.2 Å². The molecule has 0 saturated carbocycles. The first kappa shape index (κ1) is 17.9. The van der Waals surface area contributed by atoms with E-state index in [2.05, 4.69) is 19.2 Å². The van der Waals surface area contributed by atoms with Gasteiger partial charge in [0.05, 0.1) is 5.69 Å². The molecule has 0 spiro atoms. The fraction of sp³-hybridized carbons (Fsp3) is 0.600. The van der Waals surface area contributed by atoms with E-state index in [1.165, 1.54) is 8.61 Å². The van der Waals surface area contributed by atoms with Crippen LogP contribution in [0.4, 0.5) is 5.69 Å². The highest BCUT2D eigenvalue weighted by atomic mass is 32.2. The number of aryl methyl sites for hydroxylation is 1. The average molecular weight is 313 g/mol. The van der Waals surface area contributed by atoms with E-state index < -0.39 is 10.2 Å². The third-order valence-electron chi connectivity index (χ3n) is 3.40. The summed E-state index contributed by atoms with van der Waals surface area (Å²) >= 11 is 0. The standard InChI is InChI=1S/C15H27N3O2S/c1-13(2)16-11-8-12-17(4)21(19,20)18(5)15-10-7-6-9-14(15)3/h6-7,9-10,13,16H,8,11-12H2,1-5H3. The van der Waals surface area contributed by atoms with Gasteiger partial charge < -0.3 is 5.32 Å². The fourth-order valence-corrected chi connectivity index (χ4v) is 3.29. The number of para-hydroxylation sites is 1. The molecule has 0 aliphatic rings. The van der Waals surface area contributed by atoms with Crippen LogP contribution in [0, 0.1) is 6.92 Å². The van der Waals surface area contributed by atoms with Crippen molar-refractivity contribution in [3.63, 3.8) is 0 Å². The van der Waals surface area contributed by atoms with Gasteiger partial charge in [0.2, 0.25) is 0 Å². The fourth-order valence-electron chi connectivity index (χ4n) is 2.06. The average Bonchev–Trinajstić information content (AvgIpc) is 2.42. The number of nitrogens with zero attached hydrogens (tertiary/aromatic N) is 2. The third kappa shape index (κ3) is 4.98. The van der Waals surface area contributed by atoms with Gasteiger partial charge >= 0.3 is 10.2 Å². The van der Waals surface area contributed by atoms with Gasteiger partial charge in [-0.2, -0.15) is 12.7 Å². The molecule has 0 saturated heterocycles. The molecule has 0 aliphatic heterocycles. The Labute approximate surface area is 129 Å². The van der Waals surface area contributed by atoms with Crippen molar-refractivity contribution in [3.05, 3.63) is 29.8 Å². The Balaban J connectivity index is 2.69. The lowest BCUT2D eigenvalue weighted by Crippen LogP contribution is -2.41. The Morgan fingerprint density at radius 1 is 1.19 bits per heavy atom. The van der Waals surface area contributed by atoms with Gasteiger partial charge in [-0.1, -0.05) is 32.0 Å². The maximum atomic E-state index is 12.5. The molecule has 1 aromatic rings. The van der Waals surface area contributed by atoms with Crippen molar-refractivity contribution < 1.29 is 8.42 Å². The van der Waals surface area contributed by atoms with Crippen LogP contribution in [0.2, 0.25) is 0 Å². The van der Waals surface area contributed by atoms with E-state index in [1.54, 1.807) is 14.1 Å². The maximum absolute atomic E-state index is 12.5. The van der Waals surface area contributed by atoms with Crippen molar-refractivity contribution in [1.82, 2.24) is 9.62 Å². The molecule has 6 heteroatoms. The van der Waals surface area contributed by atoms with Crippen LogP contribution in [0.25, 0.3) is 0 Å². The number of nitrogens with one attached hydrogen (secondary N) is 1. The molecule has 0 amide bonds. The summed E-state index contributed by atoms with van der Waals surface area (Å²) in [6.45, 7) is 7.37. The Kier molecular flexibility index (Phi) is 6.64. The SMILES string of the molecule is Cc1ccccc1N(C)S(=O)(=O)N(C)CCCNC(C)C. The summed E-state index contributed by atoms with van der Waals surface area (Å²) in [6, 6.07) is 7.90. The molecule has 21 heavy (non-hydrogen) atoms. The molecule has 0 heterocycles. The summed E-state index contributed by atoms with van der Waals surface area (Å²) in [7, 11) is -0.254. The Morgan fingerprint density at radius 3 is 2.38 bits per heavy atom. The molecule has 0 bridgehead atoms. The van der Waals surface area contributed by atoms with Crippen molar-refractivity contribution >= 4 is 15.9 Å². The summed E-state index contributed by atoms with van der Waals surface area (Å²) in [5.41, 5.74) is 1.66. The molecule has 0 aromatic heterocycles. The summed E-state index contributed by atoms with van der Waals surface area (Å²) < 4.78 is 27.8. The van der Waals surface area contributed by atoms with Crippen molar-refractivity contribution in [2.75, 3.05) is 31.5 Å². The van der Waals surface area contributed by atoms with E-state index in [0.29, 0.717) is 18.3 Å². The molecule has 0 radical (unpaired) electrons. The number of hydrogen-bond acceptors (Lipinski definition) is 3. The van der Waals surface area contributed by atoms with Crippen molar-refractivity contribution in [1.29, 1.82) is 0 Å². The van der Waals surface area contributed by atoms with Crippen LogP contribution in [0.1, 0.15) is 25.8 Å². The minimum atomic E-state index is -3.48. The first-order valence-electron chi connectivity index (χ1n) is 7.26. The lowest BCUT2D eigenvalue weighted by Gasteiger charge is -2.27. The minimum Gasteiger partial charge on any atom is -0.314 e. The third-order valence-corrected chi connectivity index (χ3v) is 5.26. The van der Waals surface area contributed by atoms with Crippen LogP contribution in [0.15, 0.2) is 24.3 Å². The van der Waals surface area contributed by atoms with E-state index in [9.17, 15) is 8.42 Å². The molecule has 0 unspecified atom stereocenters. The molecule has 0 fully saturated rings. The summed E-state index contributed by atoms with van der Waals surface area (Å²) in [4.78, 5) is 0. The first-order chi connectivity index (χ1) is 9.76. The van der Waals surface area contributed by atoms with Gasteiger partial charge in [0.1, 0.15) is 0 Å². The predicted octanol–water partition coefficient (Wildman–Crippen LogP) is 2.00. The Morgan fingerprint density at radius 2 is 1.81 bits per heavy atom. The largest absolute Gasteiger partial charge is 0.314 e. The normalized spacial score (nSPS) is 12.1. The van der Waals surface area contributed by atoms with Gasteiger partial charge in [0, 0.05) is 26.7 Å². The minimum absolute atomic E-state index is 0.418. The smallest absolute Gasteiger partial charge is 0.303 e. The lowest BCUT2D eigenvalue weighted by atomic mass is 10.2. The topological polar surface area (TPSA) is 52.7 Å². The second-order valence-electron chi connectivity index (χ2n) is 5.55. The molecular weight excluding hydrogens is 286 g/mol. The van der Waals surface area contributed by atoms with Crippen LogP contribution in [-0.2, 0) is 10.2 Å². The molecule has 120 valence electrons. The second-order valence-corrected chi connectivity index (χ2v) is 7.61. The predicted molar refractivity (Wildman–Crippen MR) is 88.9 cm³/mol. The highest BCUT2D eigenvalue weighted by Gasteiger charge is 2.24. The summed E-state index contributed by atoms with van der Waals surface area (Å²) in [5, 5.41) is 3.29. The Bertz CT molecular complexity index is 544. The van der Waals surface area contributed by atoms with Crippen LogP contribution >= 0.6 is 0 Å². The van der Waals surface area contributed by atoms with Gasteiger partial charge in [-0.3, -0.25) is 4.31 Å². The van der Waals surface area contributed by atoms with E-state index in [4.69, 9.17) is 0 Å². The van der Waals surface area contributed by atoms with E-state index >= 15 is 0 Å². The second kappa shape index (κ2) is 7.77. The molecule has 1 rings (SSSR count). The van der Waals surface area contributed by atoms with Crippen LogP contribution < -0.4 is 9.62 Å². The highest BCUT2D eigenvalue weighted by molar-refractivity contribution is 7.90. The number of benzene rings is 1. The van der Waals surface area contributed by atoms with Crippen LogP contribution in [-0.4, -0.2) is 45.9 Å². The van der Waals surface area contributed by atoms with Gasteiger partial charge in [0.15, 0.2) is 0 Å². The molecular formula is C15H27N3O2S. The zero-order valence-corrected chi connectivity index (χ0v) is 14.4. The quantitative estimate of drug-likeness (QED) is 0.747. The van der Waals surface area contributed by atoms with Gasteiger partial charge in [-0.15, -0.1) is 0 Å². The number of rotatable bonds is 8. The highest BCUT2D eigenvalue weighted by Crippen LogP contribution is 2.21. The lowest BCUT2D eigenvalue weighted by molar-refractivity contribution is 0.446. The number of hydrogen-bond donors (Lipinski definition) is 1. The van der Waals surface area contributed by atoms with Crippen molar-refractivity contribution in [3.8, 4) is 0 Å². The van der Waals surface area contributed by atoms with Crippen LogP contribution in [0.5, 0.6) is 0 Å². The monoisotopic (exact) mass is 313 g/mol.